The van der Waals surface area contributed by atoms with E-state index >= 15 is 0 Å². The summed E-state index contributed by atoms with van der Waals surface area (Å²) in [4.78, 5) is 15.3. The minimum Gasteiger partial charge on any atom is -0.460 e. The number of hydrogen-bond acceptors (Lipinski definition) is 3. The molecule has 0 bridgehead atoms. The molecule has 1 aromatic rings. The summed E-state index contributed by atoms with van der Waals surface area (Å²) in [5.74, 6) is -0.760. The minimum absolute atomic E-state index is 0.128. The molecular weight excluding hydrogens is 289 g/mol. The second kappa shape index (κ2) is 5.58. The van der Waals surface area contributed by atoms with Crippen molar-refractivity contribution in [1.29, 1.82) is 0 Å². The standard InChI is InChI=1S/C12H15BrFNO2/c1-12(2,3)17-11(16)5-4-10-9(14)6-8(13)7-15-10/h6-7H,4-5H2,1-3H3. The normalized spacial score (nSPS) is 11.4. The first-order valence-corrected chi connectivity index (χ1v) is 6.09. The fourth-order valence-electron chi connectivity index (χ4n) is 1.24. The average molecular weight is 304 g/mol. The summed E-state index contributed by atoms with van der Waals surface area (Å²) in [6, 6.07) is 1.33. The van der Waals surface area contributed by atoms with Crippen LogP contribution in [0.3, 0.4) is 0 Å². The molecular formula is C12H15BrFNO2. The van der Waals surface area contributed by atoms with E-state index in [-0.39, 0.29) is 24.5 Å². The highest BCUT2D eigenvalue weighted by atomic mass is 79.9. The number of nitrogens with zero attached hydrogens (tertiary/aromatic N) is 1. The zero-order chi connectivity index (χ0) is 13.1. The Hall–Kier alpha value is -0.970. The molecule has 1 rings (SSSR count). The van der Waals surface area contributed by atoms with Crippen LogP contribution in [0.15, 0.2) is 16.7 Å². The van der Waals surface area contributed by atoms with Crippen LogP contribution in [0.1, 0.15) is 32.9 Å². The Kier molecular flexibility index (Phi) is 4.62. The molecule has 1 aromatic heterocycles. The molecule has 0 radical (unpaired) electrons. The number of esters is 1. The second-order valence-electron chi connectivity index (χ2n) is 4.67. The van der Waals surface area contributed by atoms with Crippen LogP contribution in [-0.2, 0) is 16.0 Å². The van der Waals surface area contributed by atoms with Crippen molar-refractivity contribution in [3.63, 3.8) is 0 Å². The number of aromatic nitrogens is 1. The maximum atomic E-state index is 13.4. The van der Waals surface area contributed by atoms with Crippen LogP contribution in [0, 0.1) is 5.82 Å². The molecule has 0 aromatic carbocycles. The topological polar surface area (TPSA) is 39.2 Å². The van der Waals surface area contributed by atoms with Gasteiger partial charge < -0.3 is 4.74 Å². The lowest BCUT2D eigenvalue weighted by atomic mass is 10.2. The lowest BCUT2D eigenvalue weighted by molar-refractivity contribution is -0.154. The molecule has 0 saturated heterocycles. The molecule has 0 unspecified atom stereocenters. The maximum Gasteiger partial charge on any atom is 0.306 e. The Morgan fingerprint density at radius 2 is 2.18 bits per heavy atom. The first-order chi connectivity index (χ1) is 7.78. The Morgan fingerprint density at radius 3 is 2.71 bits per heavy atom. The molecule has 0 aliphatic heterocycles. The van der Waals surface area contributed by atoms with E-state index in [0.29, 0.717) is 4.47 Å². The van der Waals surface area contributed by atoms with Crippen LogP contribution in [0.4, 0.5) is 4.39 Å². The predicted octanol–water partition coefficient (Wildman–Crippen LogP) is 3.26. The summed E-state index contributed by atoms with van der Waals surface area (Å²) in [7, 11) is 0. The van der Waals surface area contributed by atoms with Gasteiger partial charge in [-0.1, -0.05) is 0 Å². The number of ether oxygens (including phenoxy) is 1. The van der Waals surface area contributed by atoms with Gasteiger partial charge in [-0.2, -0.15) is 0 Å². The Morgan fingerprint density at radius 1 is 1.53 bits per heavy atom. The number of pyridine rings is 1. The third-order valence-electron chi connectivity index (χ3n) is 1.87. The number of aryl methyl sites for hydroxylation is 1. The van der Waals surface area contributed by atoms with Crippen molar-refractivity contribution in [1.82, 2.24) is 4.98 Å². The fraction of sp³-hybridized carbons (Fsp3) is 0.500. The number of carbonyl (C=O) groups excluding carboxylic acids is 1. The lowest BCUT2D eigenvalue weighted by Gasteiger charge is -2.19. The molecule has 0 aliphatic carbocycles. The number of hydrogen-bond donors (Lipinski definition) is 0. The predicted molar refractivity (Wildman–Crippen MR) is 66.1 cm³/mol. The van der Waals surface area contributed by atoms with E-state index in [0.717, 1.165) is 0 Å². The molecule has 0 atom stereocenters. The van der Waals surface area contributed by atoms with E-state index in [4.69, 9.17) is 4.74 Å². The van der Waals surface area contributed by atoms with Gasteiger partial charge in [-0.05, 0) is 42.8 Å². The zero-order valence-electron chi connectivity index (χ0n) is 10.1. The molecule has 0 fully saturated rings. The molecule has 5 heteroatoms. The molecule has 0 amide bonds. The third kappa shape index (κ3) is 5.26. The highest BCUT2D eigenvalue weighted by Gasteiger charge is 2.16. The van der Waals surface area contributed by atoms with Gasteiger partial charge in [0.25, 0.3) is 0 Å². The van der Waals surface area contributed by atoms with Crippen molar-refractivity contribution in [2.24, 2.45) is 0 Å². The summed E-state index contributed by atoms with van der Waals surface area (Å²) >= 11 is 3.12. The summed E-state index contributed by atoms with van der Waals surface area (Å²) in [6.45, 7) is 5.39. The number of carbonyl (C=O) groups is 1. The van der Waals surface area contributed by atoms with Gasteiger partial charge in [0.05, 0.1) is 12.1 Å². The third-order valence-corrected chi connectivity index (χ3v) is 2.30. The van der Waals surface area contributed by atoms with E-state index in [1.54, 1.807) is 20.8 Å². The monoisotopic (exact) mass is 303 g/mol. The SMILES string of the molecule is CC(C)(C)OC(=O)CCc1ncc(Br)cc1F. The summed E-state index contributed by atoms with van der Waals surface area (Å²) in [5.41, 5.74) is -0.234. The van der Waals surface area contributed by atoms with Crippen LogP contribution in [0.5, 0.6) is 0 Å². The fourth-order valence-corrected chi connectivity index (χ4v) is 1.54. The minimum atomic E-state index is -0.511. The largest absolute Gasteiger partial charge is 0.460 e. The van der Waals surface area contributed by atoms with Crippen molar-refractivity contribution in [3.05, 3.63) is 28.2 Å². The van der Waals surface area contributed by atoms with Gasteiger partial charge in [0.15, 0.2) is 0 Å². The van der Waals surface area contributed by atoms with Crippen LogP contribution in [0.2, 0.25) is 0 Å². The smallest absolute Gasteiger partial charge is 0.306 e. The van der Waals surface area contributed by atoms with E-state index < -0.39 is 11.4 Å². The molecule has 3 nitrogen and oxygen atoms in total. The van der Waals surface area contributed by atoms with Gasteiger partial charge in [0.2, 0.25) is 0 Å². The van der Waals surface area contributed by atoms with E-state index in [1.165, 1.54) is 12.3 Å². The van der Waals surface area contributed by atoms with Crippen molar-refractivity contribution in [2.75, 3.05) is 0 Å². The summed E-state index contributed by atoms with van der Waals surface area (Å²) in [5, 5.41) is 0. The average Bonchev–Trinajstić information content (AvgIpc) is 2.13. The van der Waals surface area contributed by atoms with Gasteiger partial charge in [0.1, 0.15) is 11.4 Å². The molecule has 1 heterocycles. The number of halogens is 2. The van der Waals surface area contributed by atoms with Crippen molar-refractivity contribution in [3.8, 4) is 0 Å². The number of rotatable bonds is 3. The molecule has 17 heavy (non-hydrogen) atoms. The van der Waals surface area contributed by atoms with Gasteiger partial charge in [0, 0.05) is 17.1 Å². The summed E-state index contributed by atoms with van der Waals surface area (Å²) < 4.78 is 19.1. The molecule has 0 saturated carbocycles. The van der Waals surface area contributed by atoms with Gasteiger partial charge in [-0.15, -0.1) is 0 Å². The van der Waals surface area contributed by atoms with Gasteiger partial charge >= 0.3 is 5.97 Å². The molecule has 94 valence electrons. The molecule has 0 N–H and O–H groups in total. The quantitative estimate of drug-likeness (QED) is 0.805. The Bertz CT molecular complexity index is 415. The van der Waals surface area contributed by atoms with Crippen molar-refractivity contribution < 1.29 is 13.9 Å². The van der Waals surface area contributed by atoms with Crippen LogP contribution >= 0.6 is 15.9 Å². The second-order valence-corrected chi connectivity index (χ2v) is 5.58. The molecule has 0 aliphatic rings. The first kappa shape index (κ1) is 14.1. The highest BCUT2D eigenvalue weighted by Crippen LogP contribution is 2.15. The zero-order valence-corrected chi connectivity index (χ0v) is 11.7. The Balaban J connectivity index is 2.53. The van der Waals surface area contributed by atoms with E-state index in [2.05, 4.69) is 20.9 Å². The highest BCUT2D eigenvalue weighted by molar-refractivity contribution is 9.10. The Labute approximate surface area is 109 Å². The van der Waals surface area contributed by atoms with E-state index in [1.807, 2.05) is 0 Å². The first-order valence-electron chi connectivity index (χ1n) is 5.30. The van der Waals surface area contributed by atoms with Crippen LogP contribution in [0.25, 0.3) is 0 Å². The van der Waals surface area contributed by atoms with Crippen LogP contribution < -0.4 is 0 Å². The van der Waals surface area contributed by atoms with Gasteiger partial charge in [-0.3, -0.25) is 9.78 Å². The summed E-state index contributed by atoms with van der Waals surface area (Å²) in [6.07, 6.45) is 1.88. The van der Waals surface area contributed by atoms with Gasteiger partial charge in [-0.25, -0.2) is 4.39 Å². The van der Waals surface area contributed by atoms with E-state index in [9.17, 15) is 9.18 Å². The van der Waals surface area contributed by atoms with Crippen molar-refractivity contribution in [2.45, 2.75) is 39.2 Å². The maximum absolute atomic E-state index is 13.4. The van der Waals surface area contributed by atoms with Crippen LogP contribution in [-0.4, -0.2) is 16.6 Å². The van der Waals surface area contributed by atoms with Crippen molar-refractivity contribution >= 4 is 21.9 Å². The molecule has 0 spiro atoms. The lowest BCUT2D eigenvalue weighted by Crippen LogP contribution is -2.24.